The predicted octanol–water partition coefficient (Wildman–Crippen LogP) is 16.3. The fourth-order valence-corrected chi connectivity index (χ4v) is 6.74. The highest BCUT2D eigenvalue weighted by Gasteiger charge is 2.19. The molecular formula is C54H92O6. The molecule has 0 saturated heterocycles. The Morgan fingerprint density at radius 3 is 1.13 bits per heavy atom. The largest absolute Gasteiger partial charge is 0.462 e. The molecule has 6 heteroatoms. The number of rotatable bonds is 44. The summed E-state index contributed by atoms with van der Waals surface area (Å²) in [5, 5.41) is 0. The predicted molar refractivity (Wildman–Crippen MR) is 256 cm³/mol. The first kappa shape index (κ1) is 56.9. The Morgan fingerprint density at radius 2 is 0.700 bits per heavy atom. The quantitative estimate of drug-likeness (QED) is 0.0200. The van der Waals surface area contributed by atoms with Crippen LogP contribution in [0.1, 0.15) is 233 Å². The molecule has 0 N–H and O–H groups in total. The number of hydrogen-bond donors (Lipinski definition) is 0. The van der Waals surface area contributed by atoms with Gasteiger partial charge in [-0.2, -0.15) is 0 Å². The van der Waals surface area contributed by atoms with Crippen LogP contribution in [0.25, 0.3) is 0 Å². The maximum Gasteiger partial charge on any atom is 0.306 e. The third-order valence-corrected chi connectivity index (χ3v) is 10.5. The smallest absolute Gasteiger partial charge is 0.306 e. The molecule has 0 spiro atoms. The monoisotopic (exact) mass is 837 g/mol. The molecule has 1 unspecified atom stereocenters. The first-order valence-corrected chi connectivity index (χ1v) is 25.0. The van der Waals surface area contributed by atoms with Crippen LogP contribution in [0.15, 0.2) is 72.9 Å². The number of hydrogen-bond acceptors (Lipinski definition) is 6. The third-order valence-electron chi connectivity index (χ3n) is 10.5. The Morgan fingerprint density at radius 1 is 0.367 bits per heavy atom. The lowest BCUT2D eigenvalue weighted by molar-refractivity contribution is -0.167. The van der Waals surface area contributed by atoms with Crippen LogP contribution < -0.4 is 0 Å². The zero-order valence-electron chi connectivity index (χ0n) is 39.2. The zero-order valence-corrected chi connectivity index (χ0v) is 39.2. The Hall–Kier alpha value is -3.15. The number of carbonyl (C=O) groups excluding carboxylic acids is 3. The van der Waals surface area contributed by atoms with Crippen molar-refractivity contribution in [2.45, 2.75) is 239 Å². The van der Waals surface area contributed by atoms with E-state index in [1.54, 1.807) is 0 Å². The summed E-state index contributed by atoms with van der Waals surface area (Å²) in [4.78, 5) is 37.8. The van der Waals surface area contributed by atoms with Gasteiger partial charge < -0.3 is 14.2 Å². The van der Waals surface area contributed by atoms with Crippen molar-refractivity contribution in [1.82, 2.24) is 0 Å². The minimum atomic E-state index is -0.792. The lowest BCUT2D eigenvalue weighted by Gasteiger charge is -2.18. The second-order valence-corrected chi connectivity index (χ2v) is 16.3. The van der Waals surface area contributed by atoms with Gasteiger partial charge in [0.1, 0.15) is 13.2 Å². The number of allylic oxidation sites excluding steroid dienone is 12. The Bertz CT molecular complexity index is 1140. The summed E-state index contributed by atoms with van der Waals surface area (Å²) in [7, 11) is 0. The molecule has 60 heavy (non-hydrogen) atoms. The average molecular weight is 837 g/mol. The minimum Gasteiger partial charge on any atom is -0.462 e. The van der Waals surface area contributed by atoms with Gasteiger partial charge >= 0.3 is 17.9 Å². The van der Waals surface area contributed by atoms with Gasteiger partial charge in [0.2, 0.25) is 0 Å². The molecule has 0 radical (unpaired) electrons. The van der Waals surface area contributed by atoms with E-state index >= 15 is 0 Å². The van der Waals surface area contributed by atoms with Crippen molar-refractivity contribution in [1.29, 1.82) is 0 Å². The molecule has 0 aliphatic heterocycles. The molecule has 0 aromatic heterocycles. The van der Waals surface area contributed by atoms with Crippen LogP contribution in [-0.4, -0.2) is 37.2 Å². The molecule has 0 aliphatic rings. The summed E-state index contributed by atoms with van der Waals surface area (Å²) in [6.07, 6.45) is 60.4. The van der Waals surface area contributed by atoms with Gasteiger partial charge in [0, 0.05) is 19.3 Å². The fraction of sp³-hybridized carbons (Fsp3) is 0.722. The molecule has 6 nitrogen and oxygen atoms in total. The molecule has 0 aromatic carbocycles. The van der Waals surface area contributed by atoms with Crippen molar-refractivity contribution in [3.05, 3.63) is 72.9 Å². The highest BCUT2D eigenvalue weighted by molar-refractivity contribution is 5.71. The fourth-order valence-electron chi connectivity index (χ4n) is 6.74. The summed E-state index contributed by atoms with van der Waals surface area (Å²) in [5.41, 5.74) is 0. The third kappa shape index (κ3) is 45.9. The lowest BCUT2D eigenvalue weighted by atomic mass is 10.1. The van der Waals surface area contributed by atoms with E-state index < -0.39 is 6.10 Å². The van der Waals surface area contributed by atoms with Crippen molar-refractivity contribution in [3.63, 3.8) is 0 Å². The van der Waals surface area contributed by atoms with E-state index in [-0.39, 0.29) is 31.1 Å². The van der Waals surface area contributed by atoms with Gasteiger partial charge in [-0.15, -0.1) is 0 Å². The summed E-state index contributed by atoms with van der Waals surface area (Å²) < 4.78 is 16.7. The van der Waals surface area contributed by atoms with E-state index in [0.717, 1.165) is 89.9 Å². The molecule has 0 aliphatic carbocycles. The number of esters is 3. The van der Waals surface area contributed by atoms with Crippen LogP contribution in [0, 0.1) is 0 Å². The highest BCUT2D eigenvalue weighted by atomic mass is 16.6. The van der Waals surface area contributed by atoms with Crippen LogP contribution in [0.2, 0.25) is 0 Å². The van der Waals surface area contributed by atoms with Gasteiger partial charge in [-0.1, -0.05) is 190 Å². The van der Waals surface area contributed by atoms with Crippen LogP contribution in [-0.2, 0) is 28.6 Å². The van der Waals surface area contributed by atoms with E-state index in [0.29, 0.717) is 19.3 Å². The number of ether oxygens (including phenoxy) is 3. The van der Waals surface area contributed by atoms with E-state index in [9.17, 15) is 14.4 Å². The van der Waals surface area contributed by atoms with E-state index in [1.165, 1.54) is 103 Å². The highest BCUT2D eigenvalue weighted by Crippen LogP contribution is 2.14. The van der Waals surface area contributed by atoms with E-state index in [1.807, 2.05) is 0 Å². The molecule has 0 heterocycles. The molecule has 0 aromatic rings. The second kappa shape index (κ2) is 48.5. The molecule has 0 saturated carbocycles. The van der Waals surface area contributed by atoms with E-state index in [4.69, 9.17) is 14.2 Å². The SMILES string of the molecule is CC/C=C\C/C=C\CCCCCCCCCC(=O)OC(COC(=O)CCCC/C=C\C/C=C\CC)COC(=O)CCCCCCCCCCCC/C=C\C=C/CCCCC. The van der Waals surface area contributed by atoms with Gasteiger partial charge in [-0.3, -0.25) is 14.4 Å². The molecule has 1 atom stereocenters. The Kier molecular flexibility index (Phi) is 46.0. The topological polar surface area (TPSA) is 78.9 Å². The van der Waals surface area contributed by atoms with Gasteiger partial charge in [0.25, 0.3) is 0 Å². The Labute approximate surface area is 370 Å². The average Bonchev–Trinajstić information content (AvgIpc) is 3.24. The van der Waals surface area contributed by atoms with Crippen LogP contribution >= 0.6 is 0 Å². The van der Waals surface area contributed by atoms with Gasteiger partial charge in [-0.25, -0.2) is 0 Å². The van der Waals surface area contributed by atoms with E-state index in [2.05, 4.69) is 93.7 Å². The van der Waals surface area contributed by atoms with Crippen LogP contribution in [0.4, 0.5) is 0 Å². The minimum absolute atomic E-state index is 0.0911. The maximum absolute atomic E-state index is 12.7. The summed E-state index contributed by atoms with van der Waals surface area (Å²) in [6.45, 7) is 6.34. The molecule has 0 amide bonds. The van der Waals surface area contributed by atoms with Crippen molar-refractivity contribution in [2.24, 2.45) is 0 Å². The van der Waals surface area contributed by atoms with Crippen LogP contribution in [0.5, 0.6) is 0 Å². The normalized spacial score (nSPS) is 12.7. The van der Waals surface area contributed by atoms with Crippen molar-refractivity contribution in [2.75, 3.05) is 13.2 Å². The first-order valence-electron chi connectivity index (χ1n) is 25.0. The lowest BCUT2D eigenvalue weighted by Crippen LogP contribution is -2.30. The molecule has 0 fully saturated rings. The van der Waals surface area contributed by atoms with Gasteiger partial charge in [-0.05, 0) is 96.3 Å². The molecule has 0 bridgehead atoms. The standard InChI is InChI=1S/C54H92O6/c1-4-7-10-13-16-19-21-23-25-26-27-28-29-31-32-35-38-41-44-47-53(56)59-50-51(49-58-52(55)46-43-40-37-34-18-15-12-9-6-3)60-54(57)48-45-42-39-36-33-30-24-22-20-17-14-11-8-5-2/h8-9,11-12,16-21,23,34,51H,4-7,10,13-15,22,24-33,35-50H2,1-3H3/b11-8-,12-9-,19-16-,20-17-,23-21-,34-18-. The summed E-state index contributed by atoms with van der Waals surface area (Å²) in [6, 6.07) is 0. The number of carbonyl (C=O) groups is 3. The van der Waals surface area contributed by atoms with Gasteiger partial charge in [0.15, 0.2) is 6.10 Å². The molecule has 0 rings (SSSR count). The first-order chi connectivity index (χ1) is 29.5. The van der Waals surface area contributed by atoms with Crippen molar-refractivity contribution >= 4 is 17.9 Å². The van der Waals surface area contributed by atoms with Gasteiger partial charge in [0.05, 0.1) is 0 Å². The summed E-state index contributed by atoms with van der Waals surface area (Å²) >= 11 is 0. The molecular weight excluding hydrogens is 745 g/mol. The van der Waals surface area contributed by atoms with Crippen molar-refractivity contribution < 1.29 is 28.6 Å². The number of unbranched alkanes of at least 4 members (excludes halogenated alkanes) is 22. The van der Waals surface area contributed by atoms with Crippen LogP contribution in [0.3, 0.4) is 0 Å². The zero-order chi connectivity index (χ0) is 43.7. The molecule has 344 valence electrons. The Balaban J connectivity index is 4.33. The summed E-state index contributed by atoms with van der Waals surface area (Å²) in [5.74, 6) is -0.942. The second-order valence-electron chi connectivity index (χ2n) is 16.3. The maximum atomic E-state index is 12.7. The van der Waals surface area contributed by atoms with Crippen molar-refractivity contribution in [3.8, 4) is 0 Å².